The third-order valence-electron chi connectivity index (χ3n) is 4.56. The predicted molar refractivity (Wildman–Crippen MR) is 58.6 cm³/mol. The first-order valence-corrected chi connectivity index (χ1v) is 6.06. The second-order valence-electron chi connectivity index (χ2n) is 5.79. The first-order valence-electron chi connectivity index (χ1n) is 6.06. The standard InChI is InChI=1S/C13H20O2/c1-13(2)10-4-3-9(12(13)5-10)6-14-7-11-8-15-11/h3,10-12H,4-8H2,1-2H3/t10-,11?,12-/m1/s1. The maximum Gasteiger partial charge on any atom is 0.104 e. The molecular formula is C13H20O2. The molecule has 3 aliphatic carbocycles. The van der Waals surface area contributed by atoms with E-state index in [4.69, 9.17) is 9.47 Å². The summed E-state index contributed by atoms with van der Waals surface area (Å²) in [5.41, 5.74) is 2.08. The van der Waals surface area contributed by atoms with Crippen LogP contribution >= 0.6 is 0 Å². The molecule has 2 heteroatoms. The van der Waals surface area contributed by atoms with Crippen LogP contribution in [-0.4, -0.2) is 25.9 Å². The molecule has 1 saturated carbocycles. The summed E-state index contributed by atoms with van der Waals surface area (Å²) in [6, 6.07) is 0. The molecule has 2 nitrogen and oxygen atoms in total. The first kappa shape index (κ1) is 9.86. The summed E-state index contributed by atoms with van der Waals surface area (Å²) >= 11 is 0. The van der Waals surface area contributed by atoms with Crippen molar-refractivity contribution in [1.29, 1.82) is 0 Å². The molecule has 0 radical (unpaired) electrons. The molecule has 84 valence electrons. The lowest BCUT2D eigenvalue weighted by Gasteiger charge is -2.56. The molecule has 1 heterocycles. The Bertz CT molecular complexity index is 289. The number of fused-ring (bicyclic) bond motifs is 1. The second-order valence-corrected chi connectivity index (χ2v) is 5.79. The Morgan fingerprint density at radius 2 is 2.33 bits per heavy atom. The number of hydrogen-bond acceptors (Lipinski definition) is 2. The van der Waals surface area contributed by atoms with Crippen LogP contribution in [0.1, 0.15) is 26.7 Å². The van der Waals surface area contributed by atoms with Gasteiger partial charge in [0.05, 0.1) is 19.8 Å². The van der Waals surface area contributed by atoms with Crippen molar-refractivity contribution in [2.75, 3.05) is 19.8 Å². The van der Waals surface area contributed by atoms with Gasteiger partial charge in [0.2, 0.25) is 0 Å². The molecule has 0 aromatic rings. The van der Waals surface area contributed by atoms with Crippen molar-refractivity contribution in [3.05, 3.63) is 11.6 Å². The van der Waals surface area contributed by atoms with Gasteiger partial charge in [-0.2, -0.15) is 0 Å². The molecule has 1 saturated heterocycles. The Morgan fingerprint density at radius 1 is 1.53 bits per heavy atom. The van der Waals surface area contributed by atoms with E-state index < -0.39 is 0 Å². The van der Waals surface area contributed by atoms with Gasteiger partial charge in [-0.15, -0.1) is 0 Å². The van der Waals surface area contributed by atoms with E-state index in [-0.39, 0.29) is 0 Å². The molecule has 4 rings (SSSR count). The van der Waals surface area contributed by atoms with Gasteiger partial charge < -0.3 is 9.47 Å². The lowest BCUT2D eigenvalue weighted by Crippen LogP contribution is -2.48. The Hall–Kier alpha value is -0.340. The smallest absolute Gasteiger partial charge is 0.104 e. The van der Waals surface area contributed by atoms with Crippen LogP contribution in [0, 0.1) is 17.3 Å². The molecule has 15 heavy (non-hydrogen) atoms. The lowest BCUT2D eigenvalue weighted by molar-refractivity contribution is -0.0180. The maximum atomic E-state index is 5.69. The van der Waals surface area contributed by atoms with Crippen LogP contribution in [0.4, 0.5) is 0 Å². The zero-order valence-corrected chi connectivity index (χ0v) is 9.66. The van der Waals surface area contributed by atoms with Gasteiger partial charge in [0.25, 0.3) is 0 Å². The topological polar surface area (TPSA) is 21.8 Å². The third kappa shape index (κ3) is 1.64. The molecule has 0 aromatic carbocycles. The van der Waals surface area contributed by atoms with E-state index in [1.54, 1.807) is 5.57 Å². The highest BCUT2D eigenvalue weighted by atomic mass is 16.6. The number of rotatable bonds is 4. The average molecular weight is 208 g/mol. The van der Waals surface area contributed by atoms with Crippen molar-refractivity contribution in [3.63, 3.8) is 0 Å². The van der Waals surface area contributed by atoms with Crippen LogP contribution in [0.3, 0.4) is 0 Å². The number of allylic oxidation sites excluding steroid dienone is 1. The quantitative estimate of drug-likeness (QED) is 0.522. The van der Waals surface area contributed by atoms with Crippen LogP contribution in [0.15, 0.2) is 11.6 Å². The summed E-state index contributed by atoms with van der Waals surface area (Å²) in [5.74, 6) is 1.72. The van der Waals surface area contributed by atoms with Crippen LogP contribution in [0.25, 0.3) is 0 Å². The van der Waals surface area contributed by atoms with E-state index in [0.717, 1.165) is 31.7 Å². The molecule has 0 N–H and O–H groups in total. The van der Waals surface area contributed by atoms with Gasteiger partial charge in [0, 0.05) is 0 Å². The Morgan fingerprint density at radius 3 is 2.93 bits per heavy atom. The summed E-state index contributed by atoms with van der Waals surface area (Å²) in [6.45, 7) is 7.33. The van der Waals surface area contributed by atoms with Crippen molar-refractivity contribution in [2.45, 2.75) is 32.8 Å². The fourth-order valence-electron chi connectivity index (χ4n) is 3.11. The minimum atomic E-state index is 0.399. The molecule has 3 atom stereocenters. The van der Waals surface area contributed by atoms with Crippen molar-refractivity contribution >= 4 is 0 Å². The maximum absolute atomic E-state index is 5.69. The van der Waals surface area contributed by atoms with Crippen molar-refractivity contribution in [1.82, 2.24) is 0 Å². The van der Waals surface area contributed by atoms with Crippen LogP contribution in [0.5, 0.6) is 0 Å². The normalized spacial score (nSPS) is 40.7. The number of epoxide rings is 1. The SMILES string of the molecule is CC1(C)[C@@H]2CC=C(COCC3CO3)[C@H]1C2. The second kappa shape index (κ2) is 3.33. The summed E-state index contributed by atoms with van der Waals surface area (Å²) in [6.07, 6.45) is 5.47. The highest BCUT2D eigenvalue weighted by Crippen LogP contribution is 2.59. The molecule has 4 aliphatic rings. The van der Waals surface area contributed by atoms with Gasteiger partial charge in [-0.05, 0) is 35.7 Å². The lowest BCUT2D eigenvalue weighted by atomic mass is 9.49. The van der Waals surface area contributed by atoms with Gasteiger partial charge in [0.15, 0.2) is 0 Å². The van der Waals surface area contributed by atoms with E-state index in [2.05, 4.69) is 19.9 Å². The third-order valence-corrected chi connectivity index (χ3v) is 4.56. The Labute approximate surface area is 91.6 Å². The molecule has 0 amide bonds. The van der Waals surface area contributed by atoms with Crippen LogP contribution in [0.2, 0.25) is 0 Å². The van der Waals surface area contributed by atoms with Gasteiger partial charge >= 0.3 is 0 Å². The predicted octanol–water partition coefficient (Wildman–Crippen LogP) is 2.39. The molecule has 0 spiro atoms. The summed E-state index contributed by atoms with van der Waals surface area (Å²) in [7, 11) is 0. The van der Waals surface area contributed by atoms with E-state index in [1.807, 2.05) is 0 Å². The van der Waals surface area contributed by atoms with Crippen LogP contribution in [-0.2, 0) is 9.47 Å². The van der Waals surface area contributed by atoms with Crippen molar-refractivity contribution < 1.29 is 9.47 Å². The molecular weight excluding hydrogens is 188 g/mol. The van der Waals surface area contributed by atoms with Gasteiger partial charge in [-0.25, -0.2) is 0 Å². The monoisotopic (exact) mass is 208 g/mol. The molecule has 0 aromatic heterocycles. The molecule has 2 bridgehead atoms. The molecule has 1 unspecified atom stereocenters. The summed E-state index contributed by atoms with van der Waals surface area (Å²) in [4.78, 5) is 0. The zero-order valence-electron chi connectivity index (χ0n) is 9.66. The molecule has 1 aliphatic heterocycles. The highest BCUT2D eigenvalue weighted by molar-refractivity contribution is 5.23. The first-order chi connectivity index (χ1) is 7.18. The fourth-order valence-corrected chi connectivity index (χ4v) is 3.11. The largest absolute Gasteiger partial charge is 0.374 e. The van der Waals surface area contributed by atoms with Gasteiger partial charge in [-0.3, -0.25) is 0 Å². The van der Waals surface area contributed by atoms with Crippen molar-refractivity contribution in [2.24, 2.45) is 17.3 Å². The number of hydrogen-bond donors (Lipinski definition) is 0. The highest BCUT2D eigenvalue weighted by Gasteiger charge is 2.50. The van der Waals surface area contributed by atoms with Crippen LogP contribution < -0.4 is 0 Å². The van der Waals surface area contributed by atoms with E-state index >= 15 is 0 Å². The number of ether oxygens (including phenoxy) is 2. The van der Waals surface area contributed by atoms with E-state index in [0.29, 0.717) is 11.5 Å². The Kier molecular flexibility index (Phi) is 2.18. The van der Waals surface area contributed by atoms with E-state index in [9.17, 15) is 0 Å². The zero-order chi connectivity index (χ0) is 10.5. The fraction of sp³-hybridized carbons (Fsp3) is 0.846. The summed E-state index contributed by atoms with van der Waals surface area (Å²) < 4.78 is 10.8. The van der Waals surface area contributed by atoms with E-state index in [1.165, 1.54) is 12.8 Å². The van der Waals surface area contributed by atoms with Gasteiger partial charge in [-0.1, -0.05) is 19.9 Å². The average Bonchev–Trinajstić information content (AvgIpc) is 3.02. The van der Waals surface area contributed by atoms with Crippen molar-refractivity contribution in [3.8, 4) is 0 Å². The summed E-state index contributed by atoms with van der Waals surface area (Å²) in [5, 5.41) is 0. The Balaban J connectivity index is 1.54. The minimum absolute atomic E-state index is 0.399. The van der Waals surface area contributed by atoms with Gasteiger partial charge in [0.1, 0.15) is 6.10 Å². The minimum Gasteiger partial charge on any atom is -0.374 e. The molecule has 2 fully saturated rings.